The molecule has 0 unspecified atom stereocenters. The molecule has 2 nitrogen and oxygen atoms in total. The van der Waals surface area contributed by atoms with Gasteiger partial charge < -0.3 is 5.32 Å². The molecule has 1 aromatic rings. The van der Waals surface area contributed by atoms with Gasteiger partial charge in [0.1, 0.15) is 0 Å². The third kappa shape index (κ3) is 4.94. The second-order valence-corrected chi connectivity index (χ2v) is 5.24. The number of hydrogen-bond donors (Lipinski definition) is 1. The SMILES string of the molecule is C=CC[C@H](c1ccc(C)c(Cl)c1)N1CCNCC1.Cl.Cl. The van der Waals surface area contributed by atoms with Crippen molar-refractivity contribution in [1.29, 1.82) is 0 Å². The Balaban J connectivity index is 0.00000180. The van der Waals surface area contributed by atoms with E-state index in [0.717, 1.165) is 43.2 Å². The molecular weight excluding hydrogens is 315 g/mol. The Morgan fingerprint density at radius 1 is 1.35 bits per heavy atom. The highest BCUT2D eigenvalue weighted by Crippen LogP contribution is 2.28. The van der Waals surface area contributed by atoms with Crippen molar-refractivity contribution in [1.82, 2.24) is 10.2 Å². The van der Waals surface area contributed by atoms with E-state index in [2.05, 4.69) is 35.0 Å². The molecule has 0 bridgehead atoms. The molecule has 2 rings (SSSR count). The van der Waals surface area contributed by atoms with E-state index in [1.807, 2.05) is 13.0 Å². The number of aryl methyl sites for hydroxylation is 1. The molecule has 20 heavy (non-hydrogen) atoms. The van der Waals surface area contributed by atoms with Gasteiger partial charge in [0.15, 0.2) is 0 Å². The maximum Gasteiger partial charge on any atom is 0.0438 e. The third-order valence-electron chi connectivity index (χ3n) is 3.56. The Kier molecular flexibility index (Phi) is 9.52. The molecule has 0 aliphatic carbocycles. The first-order valence-corrected chi connectivity index (χ1v) is 6.92. The number of rotatable bonds is 4. The summed E-state index contributed by atoms with van der Waals surface area (Å²) in [5, 5.41) is 4.25. The molecule has 1 saturated heterocycles. The Labute approximate surface area is 139 Å². The number of nitrogens with zero attached hydrogens (tertiary/aromatic N) is 1. The summed E-state index contributed by atoms with van der Waals surface area (Å²) in [6.45, 7) is 10.2. The number of halogens is 3. The van der Waals surface area contributed by atoms with E-state index in [4.69, 9.17) is 11.6 Å². The molecule has 1 aromatic carbocycles. The first-order chi connectivity index (χ1) is 8.72. The molecule has 1 atom stereocenters. The van der Waals surface area contributed by atoms with Crippen LogP contribution in [0.3, 0.4) is 0 Å². The zero-order valence-electron chi connectivity index (χ0n) is 11.8. The van der Waals surface area contributed by atoms with E-state index >= 15 is 0 Å². The van der Waals surface area contributed by atoms with Gasteiger partial charge in [0.2, 0.25) is 0 Å². The van der Waals surface area contributed by atoms with Gasteiger partial charge in [-0.25, -0.2) is 0 Å². The van der Waals surface area contributed by atoms with Crippen LogP contribution in [-0.2, 0) is 0 Å². The summed E-state index contributed by atoms with van der Waals surface area (Å²) in [6.07, 6.45) is 2.97. The van der Waals surface area contributed by atoms with Crippen molar-refractivity contribution in [2.75, 3.05) is 26.2 Å². The van der Waals surface area contributed by atoms with Crippen molar-refractivity contribution in [3.8, 4) is 0 Å². The van der Waals surface area contributed by atoms with Gasteiger partial charge in [-0.3, -0.25) is 4.90 Å². The molecular formula is C15H23Cl3N2. The first kappa shape index (κ1) is 19.8. The maximum absolute atomic E-state index is 6.24. The van der Waals surface area contributed by atoms with Gasteiger partial charge in [-0.05, 0) is 30.5 Å². The van der Waals surface area contributed by atoms with E-state index in [1.165, 1.54) is 5.56 Å². The molecule has 1 fully saturated rings. The number of nitrogens with one attached hydrogen (secondary N) is 1. The molecule has 0 spiro atoms. The lowest BCUT2D eigenvalue weighted by Gasteiger charge is -2.35. The van der Waals surface area contributed by atoms with Gasteiger partial charge in [0.05, 0.1) is 0 Å². The van der Waals surface area contributed by atoms with Gasteiger partial charge in [-0.2, -0.15) is 0 Å². The second kappa shape index (κ2) is 9.64. The molecule has 5 heteroatoms. The lowest BCUT2D eigenvalue weighted by Crippen LogP contribution is -2.45. The summed E-state index contributed by atoms with van der Waals surface area (Å²) in [5.74, 6) is 0. The smallest absolute Gasteiger partial charge is 0.0438 e. The van der Waals surface area contributed by atoms with Crippen LogP contribution in [0.2, 0.25) is 5.02 Å². The quantitative estimate of drug-likeness (QED) is 0.835. The van der Waals surface area contributed by atoms with E-state index in [9.17, 15) is 0 Å². The second-order valence-electron chi connectivity index (χ2n) is 4.83. The lowest BCUT2D eigenvalue weighted by atomic mass is 10.00. The molecule has 0 aromatic heterocycles. The van der Waals surface area contributed by atoms with Crippen molar-refractivity contribution in [3.63, 3.8) is 0 Å². The highest BCUT2D eigenvalue weighted by atomic mass is 35.5. The largest absolute Gasteiger partial charge is 0.314 e. The monoisotopic (exact) mass is 336 g/mol. The van der Waals surface area contributed by atoms with Gasteiger partial charge in [0, 0.05) is 37.2 Å². The molecule has 1 N–H and O–H groups in total. The average molecular weight is 338 g/mol. The summed E-state index contributed by atoms with van der Waals surface area (Å²) in [7, 11) is 0. The predicted molar refractivity (Wildman–Crippen MR) is 92.7 cm³/mol. The van der Waals surface area contributed by atoms with E-state index < -0.39 is 0 Å². The summed E-state index contributed by atoms with van der Waals surface area (Å²) >= 11 is 6.24. The van der Waals surface area contributed by atoms with Gasteiger partial charge in [-0.1, -0.05) is 29.8 Å². The van der Waals surface area contributed by atoms with E-state index in [-0.39, 0.29) is 24.8 Å². The molecule has 0 radical (unpaired) electrons. The number of benzene rings is 1. The Morgan fingerprint density at radius 2 is 2.00 bits per heavy atom. The minimum atomic E-state index is 0. The number of hydrogen-bond acceptors (Lipinski definition) is 2. The molecule has 114 valence electrons. The fourth-order valence-electron chi connectivity index (χ4n) is 2.46. The van der Waals surface area contributed by atoms with Crippen LogP contribution in [0.5, 0.6) is 0 Å². The van der Waals surface area contributed by atoms with Crippen molar-refractivity contribution in [2.24, 2.45) is 0 Å². The highest BCUT2D eigenvalue weighted by Gasteiger charge is 2.21. The van der Waals surface area contributed by atoms with Gasteiger partial charge in [-0.15, -0.1) is 31.4 Å². The summed E-state index contributed by atoms with van der Waals surface area (Å²) in [5.41, 5.74) is 2.44. The fraction of sp³-hybridized carbons (Fsp3) is 0.467. The Bertz CT molecular complexity index is 418. The van der Waals surface area contributed by atoms with Crippen LogP contribution in [0, 0.1) is 6.92 Å². The van der Waals surface area contributed by atoms with Crippen molar-refractivity contribution in [3.05, 3.63) is 47.0 Å². The third-order valence-corrected chi connectivity index (χ3v) is 3.97. The van der Waals surface area contributed by atoms with E-state index in [0.29, 0.717) is 6.04 Å². The Hall–Kier alpha value is -0.250. The van der Waals surface area contributed by atoms with Crippen LogP contribution >= 0.6 is 36.4 Å². The zero-order chi connectivity index (χ0) is 13.0. The van der Waals surface area contributed by atoms with Crippen molar-refractivity contribution >= 4 is 36.4 Å². The molecule has 1 heterocycles. The molecule has 1 aliphatic rings. The van der Waals surface area contributed by atoms with Crippen LogP contribution in [0.15, 0.2) is 30.9 Å². The fourth-order valence-corrected chi connectivity index (χ4v) is 2.65. The van der Waals surface area contributed by atoms with Gasteiger partial charge >= 0.3 is 0 Å². The molecule has 0 amide bonds. The van der Waals surface area contributed by atoms with E-state index in [1.54, 1.807) is 0 Å². The number of piperazine rings is 1. The maximum atomic E-state index is 6.24. The predicted octanol–water partition coefficient (Wildman–Crippen LogP) is 4.01. The average Bonchev–Trinajstić information content (AvgIpc) is 2.40. The standard InChI is InChI=1S/C15H21ClN2.2ClH/c1-3-4-15(18-9-7-17-8-10-18)13-6-5-12(2)14(16)11-13;;/h3,5-6,11,15,17H,1,4,7-10H2,2H3;2*1H/t15-;;/m1../s1. The van der Waals surface area contributed by atoms with Crippen molar-refractivity contribution in [2.45, 2.75) is 19.4 Å². The molecule has 1 aliphatic heterocycles. The summed E-state index contributed by atoms with van der Waals surface area (Å²) in [4.78, 5) is 2.51. The Morgan fingerprint density at radius 3 is 2.55 bits per heavy atom. The zero-order valence-corrected chi connectivity index (χ0v) is 14.2. The first-order valence-electron chi connectivity index (χ1n) is 6.54. The minimum absolute atomic E-state index is 0. The minimum Gasteiger partial charge on any atom is -0.314 e. The summed E-state index contributed by atoms with van der Waals surface area (Å²) in [6, 6.07) is 6.81. The van der Waals surface area contributed by atoms with Crippen LogP contribution in [0.1, 0.15) is 23.6 Å². The summed E-state index contributed by atoms with van der Waals surface area (Å²) < 4.78 is 0. The molecule has 0 saturated carbocycles. The van der Waals surface area contributed by atoms with Crippen LogP contribution in [0.4, 0.5) is 0 Å². The topological polar surface area (TPSA) is 15.3 Å². The van der Waals surface area contributed by atoms with Crippen molar-refractivity contribution < 1.29 is 0 Å². The lowest BCUT2D eigenvalue weighted by molar-refractivity contribution is 0.174. The van der Waals surface area contributed by atoms with Crippen LogP contribution in [-0.4, -0.2) is 31.1 Å². The highest BCUT2D eigenvalue weighted by molar-refractivity contribution is 6.31. The van der Waals surface area contributed by atoms with Crippen LogP contribution < -0.4 is 5.32 Å². The van der Waals surface area contributed by atoms with Gasteiger partial charge in [0.25, 0.3) is 0 Å². The normalized spacial score (nSPS) is 16.7. The van der Waals surface area contributed by atoms with Crippen LogP contribution in [0.25, 0.3) is 0 Å².